The van der Waals surface area contributed by atoms with Crippen molar-refractivity contribution >= 4 is 5.97 Å². The maximum Gasteiger partial charge on any atom is 0.338 e. The molecule has 112 valence electrons. The Bertz CT molecular complexity index is 602. The Balaban J connectivity index is 1.97. The van der Waals surface area contributed by atoms with Crippen molar-refractivity contribution in [2.45, 2.75) is 26.9 Å². The minimum atomic E-state index is -0.316. The zero-order chi connectivity index (χ0) is 15.2. The molecule has 21 heavy (non-hydrogen) atoms. The summed E-state index contributed by atoms with van der Waals surface area (Å²) in [5.74, 6) is 0.394. The third-order valence-corrected chi connectivity index (χ3v) is 3.14. The SMILES string of the molecule is CCOC(=O)c1ccc(OCc2cc(CC)nn2C)cc1. The fourth-order valence-electron chi connectivity index (χ4n) is 1.94. The molecular weight excluding hydrogens is 268 g/mol. The molecule has 0 amide bonds. The first-order valence-corrected chi connectivity index (χ1v) is 7.05. The largest absolute Gasteiger partial charge is 0.487 e. The van der Waals surface area contributed by atoms with Crippen molar-refractivity contribution in [1.82, 2.24) is 9.78 Å². The van der Waals surface area contributed by atoms with Gasteiger partial charge in [-0.15, -0.1) is 0 Å². The molecule has 0 aliphatic heterocycles. The molecule has 0 atom stereocenters. The van der Waals surface area contributed by atoms with Gasteiger partial charge in [-0.05, 0) is 43.7 Å². The quantitative estimate of drug-likeness (QED) is 0.767. The summed E-state index contributed by atoms with van der Waals surface area (Å²) in [4.78, 5) is 11.5. The first kappa shape index (κ1) is 15.1. The standard InChI is InChI=1S/C16H20N2O3/c1-4-13-10-14(18(3)17-13)11-21-15-8-6-12(7-9-15)16(19)20-5-2/h6-10H,4-5,11H2,1-3H3. The van der Waals surface area contributed by atoms with Gasteiger partial charge >= 0.3 is 5.97 Å². The van der Waals surface area contributed by atoms with Gasteiger partial charge in [-0.1, -0.05) is 6.92 Å². The van der Waals surface area contributed by atoms with Crippen LogP contribution in [0.3, 0.4) is 0 Å². The maximum atomic E-state index is 11.5. The Morgan fingerprint density at radius 2 is 1.95 bits per heavy atom. The predicted molar refractivity (Wildman–Crippen MR) is 79.3 cm³/mol. The second-order valence-corrected chi connectivity index (χ2v) is 4.64. The number of aromatic nitrogens is 2. The van der Waals surface area contributed by atoms with Crippen LogP contribution in [0.1, 0.15) is 35.6 Å². The van der Waals surface area contributed by atoms with E-state index in [0.717, 1.165) is 17.8 Å². The molecule has 2 aromatic rings. The summed E-state index contributed by atoms with van der Waals surface area (Å²) in [6, 6.07) is 8.97. The lowest BCUT2D eigenvalue weighted by atomic mass is 10.2. The van der Waals surface area contributed by atoms with E-state index in [0.29, 0.717) is 24.5 Å². The highest BCUT2D eigenvalue weighted by molar-refractivity contribution is 5.89. The van der Waals surface area contributed by atoms with E-state index >= 15 is 0 Å². The van der Waals surface area contributed by atoms with Crippen LogP contribution in [0, 0.1) is 0 Å². The molecule has 0 aliphatic rings. The van der Waals surface area contributed by atoms with Gasteiger partial charge < -0.3 is 9.47 Å². The molecule has 5 heteroatoms. The van der Waals surface area contributed by atoms with Gasteiger partial charge in [0.1, 0.15) is 12.4 Å². The fraction of sp³-hybridized carbons (Fsp3) is 0.375. The van der Waals surface area contributed by atoms with E-state index < -0.39 is 0 Å². The summed E-state index contributed by atoms with van der Waals surface area (Å²) in [6.07, 6.45) is 0.905. The summed E-state index contributed by atoms with van der Waals surface area (Å²) in [5.41, 5.74) is 2.59. The van der Waals surface area contributed by atoms with E-state index in [1.807, 2.05) is 17.8 Å². The van der Waals surface area contributed by atoms with Crippen molar-refractivity contribution in [2.24, 2.45) is 7.05 Å². The maximum absolute atomic E-state index is 11.5. The normalized spacial score (nSPS) is 10.4. The molecule has 2 rings (SSSR count). The number of benzene rings is 1. The van der Waals surface area contributed by atoms with E-state index in [4.69, 9.17) is 9.47 Å². The summed E-state index contributed by atoms with van der Waals surface area (Å²) in [6.45, 7) is 4.68. The summed E-state index contributed by atoms with van der Waals surface area (Å²) >= 11 is 0. The number of ether oxygens (including phenoxy) is 2. The number of nitrogens with zero attached hydrogens (tertiary/aromatic N) is 2. The van der Waals surface area contributed by atoms with Gasteiger partial charge in [0, 0.05) is 7.05 Å². The van der Waals surface area contributed by atoms with Gasteiger partial charge in [0.2, 0.25) is 0 Å². The predicted octanol–water partition coefficient (Wildman–Crippen LogP) is 2.74. The molecule has 0 spiro atoms. The molecule has 0 saturated heterocycles. The van der Waals surface area contributed by atoms with Crippen molar-refractivity contribution in [3.8, 4) is 5.75 Å². The number of rotatable bonds is 6. The van der Waals surface area contributed by atoms with Crippen molar-refractivity contribution in [3.05, 3.63) is 47.3 Å². The molecule has 0 N–H and O–H groups in total. The van der Waals surface area contributed by atoms with Crippen LogP contribution in [0.15, 0.2) is 30.3 Å². The van der Waals surface area contributed by atoms with Gasteiger partial charge in [-0.2, -0.15) is 5.10 Å². The highest BCUT2D eigenvalue weighted by Crippen LogP contribution is 2.15. The average Bonchev–Trinajstić information content (AvgIpc) is 2.86. The van der Waals surface area contributed by atoms with Crippen LogP contribution in [-0.4, -0.2) is 22.4 Å². The summed E-state index contributed by atoms with van der Waals surface area (Å²) in [7, 11) is 1.90. The first-order valence-electron chi connectivity index (χ1n) is 7.05. The van der Waals surface area contributed by atoms with Crippen molar-refractivity contribution in [2.75, 3.05) is 6.61 Å². The molecule has 1 aromatic heterocycles. The molecule has 1 aromatic carbocycles. The molecule has 1 heterocycles. The van der Waals surface area contributed by atoms with Gasteiger partial charge in [0.15, 0.2) is 0 Å². The Morgan fingerprint density at radius 3 is 2.52 bits per heavy atom. The number of hydrogen-bond acceptors (Lipinski definition) is 4. The minimum Gasteiger partial charge on any atom is -0.487 e. The second kappa shape index (κ2) is 6.92. The lowest BCUT2D eigenvalue weighted by Gasteiger charge is -2.07. The van der Waals surface area contributed by atoms with E-state index in [1.54, 1.807) is 31.2 Å². The highest BCUT2D eigenvalue weighted by Gasteiger charge is 2.07. The Labute approximate surface area is 124 Å². The third-order valence-electron chi connectivity index (χ3n) is 3.14. The van der Waals surface area contributed by atoms with Gasteiger partial charge in [0.25, 0.3) is 0 Å². The molecule has 0 radical (unpaired) electrons. The van der Waals surface area contributed by atoms with Gasteiger partial charge in [-0.25, -0.2) is 4.79 Å². The third kappa shape index (κ3) is 3.84. The highest BCUT2D eigenvalue weighted by atomic mass is 16.5. The topological polar surface area (TPSA) is 53.4 Å². The van der Waals surface area contributed by atoms with E-state index in [2.05, 4.69) is 12.0 Å². The zero-order valence-corrected chi connectivity index (χ0v) is 12.6. The number of aryl methyl sites for hydroxylation is 2. The summed E-state index contributed by atoms with van der Waals surface area (Å²) in [5, 5.41) is 4.37. The molecule has 5 nitrogen and oxygen atoms in total. The van der Waals surface area contributed by atoms with Crippen LogP contribution < -0.4 is 4.74 Å². The van der Waals surface area contributed by atoms with Crippen LogP contribution in [-0.2, 0) is 24.8 Å². The van der Waals surface area contributed by atoms with E-state index in [9.17, 15) is 4.79 Å². The minimum absolute atomic E-state index is 0.316. The van der Waals surface area contributed by atoms with Crippen molar-refractivity contribution < 1.29 is 14.3 Å². The van der Waals surface area contributed by atoms with Crippen LogP contribution in [0.5, 0.6) is 5.75 Å². The lowest BCUT2D eigenvalue weighted by Crippen LogP contribution is -2.05. The Kier molecular flexibility index (Phi) is 4.98. The first-order chi connectivity index (χ1) is 10.1. The lowest BCUT2D eigenvalue weighted by molar-refractivity contribution is 0.0526. The number of carbonyl (C=O) groups excluding carboxylic acids is 1. The monoisotopic (exact) mass is 288 g/mol. The van der Waals surface area contributed by atoms with Gasteiger partial charge in [-0.3, -0.25) is 4.68 Å². The van der Waals surface area contributed by atoms with Crippen LogP contribution in [0.25, 0.3) is 0 Å². The van der Waals surface area contributed by atoms with Crippen LogP contribution in [0.2, 0.25) is 0 Å². The molecule has 0 saturated carbocycles. The van der Waals surface area contributed by atoms with Crippen LogP contribution >= 0.6 is 0 Å². The van der Waals surface area contributed by atoms with Crippen molar-refractivity contribution in [1.29, 1.82) is 0 Å². The zero-order valence-electron chi connectivity index (χ0n) is 12.6. The fourth-order valence-corrected chi connectivity index (χ4v) is 1.94. The van der Waals surface area contributed by atoms with Crippen molar-refractivity contribution in [3.63, 3.8) is 0 Å². The Hall–Kier alpha value is -2.30. The van der Waals surface area contributed by atoms with E-state index in [1.165, 1.54) is 0 Å². The number of hydrogen-bond donors (Lipinski definition) is 0. The molecular formula is C16H20N2O3. The molecule has 0 aliphatic carbocycles. The molecule has 0 bridgehead atoms. The van der Waals surface area contributed by atoms with Gasteiger partial charge in [0.05, 0.1) is 23.6 Å². The average molecular weight is 288 g/mol. The van der Waals surface area contributed by atoms with Crippen LogP contribution in [0.4, 0.5) is 0 Å². The smallest absolute Gasteiger partial charge is 0.338 e. The number of esters is 1. The molecule has 0 unspecified atom stereocenters. The van der Waals surface area contributed by atoms with E-state index in [-0.39, 0.29) is 5.97 Å². The summed E-state index contributed by atoms with van der Waals surface area (Å²) < 4.78 is 12.5. The second-order valence-electron chi connectivity index (χ2n) is 4.64. The Morgan fingerprint density at radius 1 is 1.24 bits per heavy atom. The molecule has 0 fully saturated rings. The number of carbonyl (C=O) groups is 1.